The van der Waals surface area contributed by atoms with E-state index in [9.17, 15) is 9.59 Å². The number of likely N-dealkylation sites (N-methyl/N-ethyl adjacent to an activating group) is 1. The maximum atomic E-state index is 11.5. The van der Waals surface area contributed by atoms with Crippen LogP contribution in [0.3, 0.4) is 0 Å². The Bertz CT molecular complexity index is 403. The monoisotopic (exact) mass is 273 g/mol. The minimum absolute atomic E-state index is 0.206. The van der Waals surface area contributed by atoms with Crippen LogP contribution in [0.1, 0.15) is 10.4 Å². The molecule has 0 aromatic carbocycles. The summed E-state index contributed by atoms with van der Waals surface area (Å²) in [6, 6.07) is 1.49. The molecule has 1 aromatic rings. The minimum Gasteiger partial charge on any atom is -0.351 e. The summed E-state index contributed by atoms with van der Waals surface area (Å²) in [6.07, 6.45) is 1.39. The highest BCUT2D eigenvalue weighted by atomic mass is 79.9. The number of H-pyrrole nitrogens is 1. The molecule has 0 spiro atoms. The molecule has 0 aliphatic carbocycles. The molecule has 1 amide bonds. The molecule has 0 aliphatic heterocycles. The van der Waals surface area contributed by atoms with E-state index < -0.39 is 0 Å². The fourth-order valence-electron chi connectivity index (χ4n) is 0.990. The van der Waals surface area contributed by atoms with Gasteiger partial charge in [-0.3, -0.25) is 9.59 Å². The summed E-state index contributed by atoms with van der Waals surface area (Å²) in [4.78, 5) is 25.0. The van der Waals surface area contributed by atoms with E-state index in [1.807, 2.05) is 7.05 Å². The Hall–Kier alpha value is -1.14. The van der Waals surface area contributed by atoms with Gasteiger partial charge in [0.1, 0.15) is 0 Å². The van der Waals surface area contributed by atoms with Crippen molar-refractivity contribution >= 4 is 21.8 Å². The molecule has 15 heavy (non-hydrogen) atoms. The first-order valence-corrected chi connectivity index (χ1v) is 5.25. The van der Waals surface area contributed by atoms with Crippen molar-refractivity contribution in [2.45, 2.75) is 0 Å². The molecule has 0 saturated heterocycles. The molecule has 82 valence electrons. The van der Waals surface area contributed by atoms with Gasteiger partial charge in [0, 0.05) is 19.3 Å². The number of aromatic amines is 1. The average Bonchev–Trinajstić information content (AvgIpc) is 2.22. The Morgan fingerprint density at radius 1 is 1.53 bits per heavy atom. The van der Waals surface area contributed by atoms with E-state index in [1.54, 1.807) is 0 Å². The van der Waals surface area contributed by atoms with Crippen molar-refractivity contribution in [3.8, 4) is 0 Å². The van der Waals surface area contributed by atoms with Crippen molar-refractivity contribution in [1.29, 1.82) is 0 Å². The van der Waals surface area contributed by atoms with Crippen LogP contribution < -0.4 is 16.2 Å². The number of rotatable bonds is 4. The van der Waals surface area contributed by atoms with Crippen LogP contribution in [-0.4, -0.2) is 31.0 Å². The zero-order valence-corrected chi connectivity index (χ0v) is 9.85. The van der Waals surface area contributed by atoms with Crippen molar-refractivity contribution in [3.63, 3.8) is 0 Å². The highest BCUT2D eigenvalue weighted by Gasteiger charge is 2.06. The van der Waals surface area contributed by atoms with Gasteiger partial charge in [0.15, 0.2) is 0 Å². The lowest BCUT2D eigenvalue weighted by Gasteiger charge is -2.04. The molecule has 0 aliphatic rings. The lowest BCUT2D eigenvalue weighted by molar-refractivity contribution is 0.0953. The Morgan fingerprint density at radius 3 is 2.87 bits per heavy atom. The van der Waals surface area contributed by atoms with Crippen LogP contribution in [0.5, 0.6) is 0 Å². The summed E-state index contributed by atoms with van der Waals surface area (Å²) in [5.41, 5.74) is 0.180. The molecule has 1 heterocycles. The van der Waals surface area contributed by atoms with Gasteiger partial charge in [-0.15, -0.1) is 0 Å². The van der Waals surface area contributed by atoms with Gasteiger partial charge in [0.25, 0.3) is 11.5 Å². The molecule has 0 radical (unpaired) electrons. The number of nitrogens with one attached hydrogen (secondary N) is 3. The topological polar surface area (TPSA) is 74.0 Å². The minimum atomic E-state index is -0.248. The summed E-state index contributed by atoms with van der Waals surface area (Å²) in [6.45, 7) is 1.25. The quantitative estimate of drug-likeness (QED) is 0.681. The van der Waals surface area contributed by atoms with E-state index in [4.69, 9.17) is 0 Å². The first-order valence-electron chi connectivity index (χ1n) is 4.46. The van der Waals surface area contributed by atoms with Gasteiger partial charge in [0.2, 0.25) is 0 Å². The highest BCUT2D eigenvalue weighted by molar-refractivity contribution is 9.10. The fraction of sp³-hybridized carbons (Fsp3) is 0.333. The number of hydrogen-bond acceptors (Lipinski definition) is 3. The van der Waals surface area contributed by atoms with Crippen molar-refractivity contribution in [3.05, 3.63) is 32.7 Å². The largest absolute Gasteiger partial charge is 0.351 e. The van der Waals surface area contributed by atoms with E-state index in [0.717, 1.165) is 0 Å². The van der Waals surface area contributed by atoms with Gasteiger partial charge < -0.3 is 15.6 Å². The standard InChI is InChI=1S/C9H12BrN3O2/c1-11-2-3-12-8(14)6-4-7(10)9(15)13-5-6/h4-5,11H,2-3H2,1H3,(H,12,14)(H,13,15). The number of aromatic nitrogens is 1. The third kappa shape index (κ3) is 3.49. The van der Waals surface area contributed by atoms with Crippen LogP contribution in [-0.2, 0) is 0 Å². The Morgan fingerprint density at radius 2 is 2.27 bits per heavy atom. The van der Waals surface area contributed by atoms with Gasteiger partial charge >= 0.3 is 0 Å². The predicted octanol–water partition coefficient (Wildman–Crippen LogP) is 0.0866. The van der Waals surface area contributed by atoms with Gasteiger partial charge in [0.05, 0.1) is 10.0 Å². The molecular weight excluding hydrogens is 262 g/mol. The molecular formula is C9H12BrN3O2. The van der Waals surface area contributed by atoms with Crippen molar-refractivity contribution in [2.75, 3.05) is 20.1 Å². The predicted molar refractivity (Wildman–Crippen MR) is 61.0 cm³/mol. The lowest BCUT2D eigenvalue weighted by atomic mass is 10.3. The second kappa shape index (κ2) is 5.67. The molecule has 1 rings (SSSR count). The Kier molecular flexibility index (Phi) is 4.51. The second-order valence-corrected chi connectivity index (χ2v) is 3.78. The summed E-state index contributed by atoms with van der Waals surface area (Å²) in [5.74, 6) is -0.206. The Balaban J connectivity index is 2.66. The van der Waals surface area contributed by atoms with E-state index >= 15 is 0 Å². The summed E-state index contributed by atoms with van der Waals surface area (Å²) in [7, 11) is 1.81. The number of hydrogen-bond donors (Lipinski definition) is 3. The smallest absolute Gasteiger partial charge is 0.262 e. The number of halogens is 1. The number of pyridine rings is 1. The average molecular weight is 274 g/mol. The van der Waals surface area contributed by atoms with Gasteiger partial charge in [-0.25, -0.2) is 0 Å². The number of carbonyl (C=O) groups excluding carboxylic acids is 1. The van der Waals surface area contributed by atoms with Gasteiger partial charge in [-0.1, -0.05) is 0 Å². The van der Waals surface area contributed by atoms with E-state index in [-0.39, 0.29) is 11.5 Å². The van der Waals surface area contributed by atoms with Gasteiger partial charge in [-0.05, 0) is 29.0 Å². The third-order valence-corrected chi connectivity index (χ3v) is 2.37. The second-order valence-electron chi connectivity index (χ2n) is 2.92. The molecule has 1 aromatic heterocycles. The zero-order chi connectivity index (χ0) is 11.3. The molecule has 0 fully saturated rings. The molecule has 0 atom stereocenters. The first-order chi connectivity index (χ1) is 7.15. The molecule has 5 nitrogen and oxygen atoms in total. The summed E-state index contributed by atoms with van der Waals surface area (Å²) >= 11 is 3.06. The van der Waals surface area contributed by atoms with E-state index in [2.05, 4.69) is 31.5 Å². The van der Waals surface area contributed by atoms with E-state index in [1.165, 1.54) is 12.3 Å². The number of amides is 1. The normalized spacial score (nSPS) is 10.0. The summed E-state index contributed by atoms with van der Waals surface area (Å²) in [5, 5.41) is 5.62. The van der Waals surface area contributed by atoms with Crippen LogP contribution in [0.2, 0.25) is 0 Å². The maximum Gasteiger partial charge on any atom is 0.262 e. The molecule has 3 N–H and O–H groups in total. The third-order valence-electron chi connectivity index (χ3n) is 1.78. The van der Waals surface area contributed by atoms with Crippen molar-refractivity contribution in [1.82, 2.24) is 15.6 Å². The maximum absolute atomic E-state index is 11.5. The van der Waals surface area contributed by atoms with Crippen LogP contribution >= 0.6 is 15.9 Å². The zero-order valence-electron chi connectivity index (χ0n) is 8.26. The molecule has 0 saturated carbocycles. The van der Waals surface area contributed by atoms with E-state index in [0.29, 0.717) is 23.1 Å². The van der Waals surface area contributed by atoms with Crippen molar-refractivity contribution in [2.24, 2.45) is 0 Å². The van der Waals surface area contributed by atoms with Crippen molar-refractivity contribution < 1.29 is 4.79 Å². The lowest BCUT2D eigenvalue weighted by Crippen LogP contribution is -2.30. The number of carbonyl (C=O) groups is 1. The molecule has 6 heteroatoms. The summed E-state index contributed by atoms with van der Waals surface area (Å²) < 4.78 is 0.351. The fourth-order valence-corrected chi connectivity index (χ4v) is 1.35. The first kappa shape index (κ1) is 11.9. The molecule has 0 bridgehead atoms. The van der Waals surface area contributed by atoms with Gasteiger partial charge in [-0.2, -0.15) is 0 Å². The Labute approximate surface area is 95.4 Å². The van der Waals surface area contributed by atoms with Crippen LogP contribution in [0.4, 0.5) is 0 Å². The molecule has 0 unspecified atom stereocenters. The van der Waals surface area contributed by atoms with Crippen LogP contribution in [0.15, 0.2) is 21.5 Å². The van der Waals surface area contributed by atoms with Crippen LogP contribution in [0.25, 0.3) is 0 Å². The highest BCUT2D eigenvalue weighted by Crippen LogP contribution is 2.04. The SMILES string of the molecule is CNCCNC(=O)c1c[nH]c(=O)c(Br)c1. The van der Waals surface area contributed by atoms with Crippen LogP contribution in [0, 0.1) is 0 Å².